The number of benzene rings is 2. The van der Waals surface area contributed by atoms with E-state index < -0.39 is 23.7 Å². The van der Waals surface area contributed by atoms with E-state index in [4.69, 9.17) is 21.1 Å². The largest absolute Gasteiger partial charge is 0.493 e. The molecule has 1 atom stereocenters. The Kier molecular flexibility index (Phi) is 6.60. The van der Waals surface area contributed by atoms with Crippen molar-refractivity contribution in [1.29, 1.82) is 0 Å². The fourth-order valence-electron chi connectivity index (χ4n) is 2.90. The molecule has 0 spiro atoms. The Bertz CT molecular complexity index is 1090. The van der Waals surface area contributed by atoms with Crippen LogP contribution in [0.4, 0.5) is 14.9 Å². The first-order valence-electron chi connectivity index (χ1n) is 9.46. The Balaban J connectivity index is 2.01. The Morgan fingerprint density at radius 1 is 1.23 bits per heavy atom. The summed E-state index contributed by atoms with van der Waals surface area (Å²) in [4.78, 5) is 38.2. The molecule has 9 heteroatoms. The molecule has 0 aromatic heterocycles. The minimum Gasteiger partial charge on any atom is -0.493 e. The van der Waals surface area contributed by atoms with Gasteiger partial charge >= 0.3 is 6.03 Å². The van der Waals surface area contributed by atoms with Gasteiger partial charge in [0.1, 0.15) is 11.4 Å². The van der Waals surface area contributed by atoms with E-state index in [1.165, 1.54) is 37.5 Å². The van der Waals surface area contributed by atoms with Crippen LogP contribution in [0, 0.1) is 5.82 Å². The number of imide groups is 2. The molecule has 2 aromatic rings. The Morgan fingerprint density at radius 2 is 1.97 bits per heavy atom. The van der Waals surface area contributed by atoms with Crippen LogP contribution >= 0.6 is 11.6 Å². The van der Waals surface area contributed by atoms with Crippen LogP contribution in [-0.2, 0) is 9.59 Å². The van der Waals surface area contributed by atoms with Gasteiger partial charge in [-0.2, -0.15) is 0 Å². The molecule has 1 heterocycles. The van der Waals surface area contributed by atoms with Gasteiger partial charge in [-0.25, -0.2) is 14.1 Å². The lowest BCUT2D eigenvalue weighted by Crippen LogP contribution is -2.54. The standard InChI is InChI=1S/C22H20ClFN2O5/c1-4-12(2)31-19-17(23)9-13(10-18(19)30-3)8-16-20(27)25-22(29)26(21(16)28)15-7-5-6-14(24)11-15/h5-12H,4H2,1-3H3,(H,25,27,29). The lowest BCUT2D eigenvalue weighted by molar-refractivity contribution is -0.122. The molecule has 1 N–H and O–H groups in total. The summed E-state index contributed by atoms with van der Waals surface area (Å²) in [6.07, 6.45) is 1.93. The third kappa shape index (κ3) is 4.69. The van der Waals surface area contributed by atoms with Crippen molar-refractivity contribution in [3.05, 3.63) is 58.4 Å². The highest BCUT2D eigenvalue weighted by Gasteiger charge is 2.37. The van der Waals surface area contributed by atoms with Crippen LogP contribution in [0.2, 0.25) is 5.02 Å². The van der Waals surface area contributed by atoms with Crippen LogP contribution in [0.25, 0.3) is 6.08 Å². The first-order valence-corrected chi connectivity index (χ1v) is 9.84. The first-order chi connectivity index (χ1) is 14.7. The molecule has 1 saturated heterocycles. The molecule has 3 rings (SSSR count). The molecule has 0 bridgehead atoms. The van der Waals surface area contributed by atoms with Gasteiger partial charge in [0.05, 0.1) is 23.9 Å². The molecule has 7 nitrogen and oxygen atoms in total. The van der Waals surface area contributed by atoms with Crippen LogP contribution < -0.4 is 19.7 Å². The van der Waals surface area contributed by atoms with Gasteiger partial charge in [-0.15, -0.1) is 0 Å². The number of nitrogens with zero attached hydrogens (tertiary/aromatic N) is 1. The van der Waals surface area contributed by atoms with E-state index in [-0.39, 0.29) is 22.4 Å². The Labute approximate surface area is 183 Å². The zero-order valence-electron chi connectivity index (χ0n) is 17.1. The van der Waals surface area contributed by atoms with Gasteiger partial charge in [-0.3, -0.25) is 14.9 Å². The van der Waals surface area contributed by atoms with Crippen LogP contribution in [0.3, 0.4) is 0 Å². The highest BCUT2D eigenvalue weighted by atomic mass is 35.5. The highest BCUT2D eigenvalue weighted by molar-refractivity contribution is 6.39. The molecule has 4 amide bonds. The quantitative estimate of drug-likeness (QED) is 0.527. The second-order valence-electron chi connectivity index (χ2n) is 6.81. The van der Waals surface area contributed by atoms with Crippen LogP contribution in [0.5, 0.6) is 11.5 Å². The normalized spacial score (nSPS) is 16.4. The lowest BCUT2D eigenvalue weighted by atomic mass is 10.1. The molecule has 0 saturated carbocycles. The third-order valence-corrected chi connectivity index (χ3v) is 4.91. The first kappa shape index (κ1) is 22.3. The second-order valence-corrected chi connectivity index (χ2v) is 7.22. The van der Waals surface area contributed by atoms with E-state index in [2.05, 4.69) is 5.32 Å². The van der Waals surface area contributed by atoms with Crippen molar-refractivity contribution in [1.82, 2.24) is 5.32 Å². The molecular formula is C22H20ClFN2O5. The number of carbonyl (C=O) groups excluding carboxylic acids is 3. The van der Waals surface area contributed by atoms with Crippen molar-refractivity contribution in [2.75, 3.05) is 12.0 Å². The molecular weight excluding hydrogens is 427 g/mol. The molecule has 1 unspecified atom stereocenters. The maximum Gasteiger partial charge on any atom is 0.335 e. The van der Waals surface area contributed by atoms with Crippen molar-refractivity contribution >= 4 is 41.2 Å². The molecule has 31 heavy (non-hydrogen) atoms. The van der Waals surface area contributed by atoms with Gasteiger partial charge in [0.2, 0.25) is 0 Å². The number of halogens is 2. The molecule has 1 aliphatic rings. The SMILES string of the molecule is CCC(C)Oc1c(Cl)cc(C=C2C(=O)NC(=O)N(c3cccc(F)c3)C2=O)cc1OC. The average molecular weight is 447 g/mol. The van der Waals surface area contributed by atoms with Crippen molar-refractivity contribution in [2.45, 2.75) is 26.4 Å². The number of carbonyl (C=O) groups is 3. The van der Waals surface area contributed by atoms with Crippen molar-refractivity contribution in [3.8, 4) is 11.5 Å². The molecule has 162 valence electrons. The molecule has 1 aliphatic heterocycles. The molecule has 1 fully saturated rings. The van der Waals surface area contributed by atoms with Crippen LogP contribution in [0.1, 0.15) is 25.8 Å². The molecule has 2 aromatic carbocycles. The van der Waals surface area contributed by atoms with E-state index in [1.807, 2.05) is 13.8 Å². The fourth-order valence-corrected chi connectivity index (χ4v) is 3.16. The van der Waals surface area contributed by atoms with Gasteiger partial charge in [0, 0.05) is 0 Å². The van der Waals surface area contributed by atoms with Gasteiger partial charge < -0.3 is 9.47 Å². The Hall–Kier alpha value is -3.39. The predicted octanol–water partition coefficient (Wildman–Crippen LogP) is 4.33. The fraction of sp³-hybridized carbons (Fsp3) is 0.227. The van der Waals surface area contributed by atoms with E-state index in [9.17, 15) is 18.8 Å². The predicted molar refractivity (Wildman–Crippen MR) is 114 cm³/mol. The third-order valence-electron chi connectivity index (χ3n) is 4.62. The van der Waals surface area contributed by atoms with Crippen LogP contribution in [0.15, 0.2) is 42.0 Å². The number of amides is 4. The topological polar surface area (TPSA) is 84.9 Å². The molecule has 0 radical (unpaired) electrons. The van der Waals surface area contributed by atoms with Gasteiger partial charge in [-0.1, -0.05) is 24.6 Å². The number of methoxy groups -OCH3 is 1. The lowest BCUT2D eigenvalue weighted by Gasteiger charge is -2.26. The maximum absolute atomic E-state index is 13.6. The number of anilines is 1. The number of urea groups is 1. The minimum absolute atomic E-state index is 0.00573. The van der Waals surface area contributed by atoms with Crippen molar-refractivity contribution in [2.24, 2.45) is 0 Å². The highest BCUT2D eigenvalue weighted by Crippen LogP contribution is 2.38. The number of nitrogens with one attached hydrogen (secondary N) is 1. The maximum atomic E-state index is 13.6. The number of rotatable bonds is 6. The van der Waals surface area contributed by atoms with Gasteiger partial charge in [0.25, 0.3) is 11.8 Å². The zero-order valence-corrected chi connectivity index (χ0v) is 17.8. The van der Waals surface area contributed by atoms with Gasteiger partial charge in [0.15, 0.2) is 11.5 Å². The summed E-state index contributed by atoms with van der Waals surface area (Å²) >= 11 is 6.34. The van der Waals surface area contributed by atoms with Gasteiger partial charge in [-0.05, 0) is 55.3 Å². The summed E-state index contributed by atoms with van der Waals surface area (Å²) in [6, 6.07) is 7.03. The number of barbiturate groups is 1. The average Bonchev–Trinajstić information content (AvgIpc) is 2.72. The summed E-state index contributed by atoms with van der Waals surface area (Å²) in [5.41, 5.74) is 0.0526. The number of ether oxygens (including phenoxy) is 2. The Morgan fingerprint density at radius 3 is 2.61 bits per heavy atom. The summed E-state index contributed by atoms with van der Waals surface area (Å²) in [7, 11) is 1.44. The second kappa shape index (κ2) is 9.18. The zero-order chi connectivity index (χ0) is 22.7. The van der Waals surface area contributed by atoms with Crippen molar-refractivity contribution in [3.63, 3.8) is 0 Å². The summed E-state index contributed by atoms with van der Waals surface area (Å²) in [5, 5.41) is 2.31. The van der Waals surface area contributed by atoms with Crippen LogP contribution in [-0.4, -0.2) is 31.1 Å². The smallest absolute Gasteiger partial charge is 0.335 e. The number of hydrogen-bond donors (Lipinski definition) is 1. The summed E-state index contributed by atoms with van der Waals surface area (Å²) < 4.78 is 24.7. The summed E-state index contributed by atoms with van der Waals surface area (Å²) in [5.74, 6) is -1.74. The number of hydrogen-bond acceptors (Lipinski definition) is 5. The molecule has 0 aliphatic carbocycles. The van der Waals surface area contributed by atoms with E-state index in [0.717, 1.165) is 12.5 Å². The summed E-state index contributed by atoms with van der Waals surface area (Å²) in [6.45, 7) is 3.84. The monoisotopic (exact) mass is 446 g/mol. The van der Waals surface area contributed by atoms with Crippen molar-refractivity contribution < 1.29 is 28.2 Å². The van der Waals surface area contributed by atoms with E-state index in [0.29, 0.717) is 22.0 Å². The van der Waals surface area contributed by atoms with E-state index >= 15 is 0 Å². The minimum atomic E-state index is -0.967. The van der Waals surface area contributed by atoms with E-state index in [1.54, 1.807) is 6.07 Å².